The van der Waals surface area contributed by atoms with Gasteiger partial charge in [-0.05, 0) is 48.9 Å². The molecule has 28 heavy (non-hydrogen) atoms. The lowest BCUT2D eigenvalue weighted by Crippen LogP contribution is -2.30. The summed E-state index contributed by atoms with van der Waals surface area (Å²) in [6.07, 6.45) is 0.00319. The summed E-state index contributed by atoms with van der Waals surface area (Å²) in [7, 11) is 1.31. The number of hydrogen-bond donors (Lipinski definition) is 1. The monoisotopic (exact) mass is 399 g/mol. The lowest BCUT2D eigenvalue weighted by atomic mass is 10.0. The first-order chi connectivity index (χ1) is 13.5. The van der Waals surface area contributed by atoms with Crippen molar-refractivity contribution in [1.82, 2.24) is 15.5 Å². The van der Waals surface area contributed by atoms with E-state index in [4.69, 9.17) is 20.9 Å². The third-order valence-corrected chi connectivity index (χ3v) is 4.35. The number of carbonyl (C=O) groups is 2. The van der Waals surface area contributed by atoms with E-state index in [0.717, 1.165) is 5.56 Å². The van der Waals surface area contributed by atoms with Crippen molar-refractivity contribution >= 4 is 23.5 Å². The van der Waals surface area contributed by atoms with Crippen LogP contribution >= 0.6 is 11.6 Å². The molecule has 0 saturated carbocycles. The molecule has 0 saturated heterocycles. The van der Waals surface area contributed by atoms with E-state index in [2.05, 4.69) is 15.5 Å². The van der Waals surface area contributed by atoms with E-state index in [1.54, 1.807) is 55.5 Å². The van der Waals surface area contributed by atoms with E-state index >= 15 is 0 Å². The molecule has 3 rings (SSSR count). The van der Waals surface area contributed by atoms with Crippen molar-refractivity contribution in [3.63, 3.8) is 0 Å². The van der Waals surface area contributed by atoms with E-state index in [9.17, 15) is 9.59 Å². The highest BCUT2D eigenvalue weighted by Crippen LogP contribution is 2.22. The van der Waals surface area contributed by atoms with Crippen LogP contribution in [-0.4, -0.2) is 29.1 Å². The average molecular weight is 400 g/mol. The standard InChI is InChI=1S/C20H18ClN3O4/c1-12-22-20(28-24-12)15-5-3-14(4-6-15)19(26)23-17(11-18(25)27-2)13-7-9-16(21)10-8-13/h3-10,17H,11H2,1-2H3,(H,23,26). The summed E-state index contributed by atoms with van der Waals surface area (Å²) in [4.78, 5) is 28.6. The molecule has 7 nitrogen and oxygen atoms in total. The lowest BCUT2D eigenvalue weighted by molar-refractivity contribution is -0.141. The molecule has 0 aliphatic rings. The maximum atomic E-state index is 12.7. The Labute approximate surface area is 166 Å². The zero-order chi connectivity index (χ0) is 20.1. The molecule has 2 aromatic carbocycles. The fraction of sp³-hybridized carbons (Fsp3) is 0.200. The molecule has 1 heterocycles. The van der Waals surface area contributed by atoms with Gasteiger partial charge in [0.2, 0.25) is 0 Å². The molecule has 1 aromatic heterocycles. The molecule has 1 unspecified atom stereocenters. The summed E-state index contributed by atoms with van der Waals surface area (Å²) in [6.45, 7) is 1.73. The number of benzene rings is 2. The van der Waals surface area contributed by atoms with Crippen LogP contribution in [0.2, 0.25) is 5.02 Å². The van der Waals surface area contributed by atoms with Gasteiger partial charge in [0, 0.05) is 16.1 Å². The molecule has 0 fully saturated rings. The number of nitrogens with zero attached hydrogens (tertiary/aromatic N) is 2. The fourth-order valence-corrected chi connectivity index (χ4v) is 2.74. The second kappa shape index (κ2) is 8.67. The average Bonchev–Trinajstić information content (AvgIpc) is 3.14. The Bertz CT molecular complexity index is 968. The molecular weight excluding hydrogens is 382 g/mol. The Morgan fingerprint density at radius 3 is 2.39 bits per heavy atom. The minimum atomic E-state index is -0.546. The molecule has 1 atom stereocenters. The molecule has 3 aromatic rings. The normalized spacial score (nSPS) is 11.7. The minimum absolute atomic E-state index is 0.00319. The Kier molecular flexibility index (Phi) is 6.06. The minimum Gasteiger partial charge on any atom is -0.469 e. The first-order valence-corrected chi connectivity index (χ1v) is 8.88. The summed E-state index contributed by atoms with van der Waals surface area (Å²) in [6, 6.07) is 13.1. The molecule has 0 radical (unpaired) electrons. The summed E-state index contributed by atoms with van der Waals surface area (Å²) in [5.74, 6) is 0.166. The fourth-order valence-electron chi connectivity index (χ4n) is 2.62. The third-order valence-electron chi connectivity index (χ3n) is 4.10. The number of amides is 1. The Balaban J connectivity index is 1.77. The van der Waals surface area contributed by atoms with Gasteiger partial charge >= 0.3 is 5.97 Å². The molecule has 0 bridgehead atoms. The maximum Gasteiger partial charge on any atom is 0.307 e. The van der Waals surface area contributed by atoms with Crippen LogP contribution < -0.4 is 5.32 Å². The number of halogens is 1. The number of aryl methyl sites for hydroxylation is 1. The Morgan fingerprint density at radius 1 is 1.14 bits per heavy atom. The van der Waals surface area contributed by atoms with E-state index < -0.39 is 12.0 Å². The van der Waals surface area contributed by atoms with Gasteiger partial charge in [-0.1, -0.05) is 28.9 Å². The topological polar surface area (TPSA) is 94.3 Å². The van der Waals surface area contributed by atoms with E-state index in [1.165, 1.54) is 7.11 Å². The molecule has 0 aliphatic carbocycles. The van der Waals surface area contributed by atoms with Gasteiger partial charge in [0.25, 0.3) is 11.8 Å². The van der Waals surface area contributed by atoms with Gasteiger partial charge in [-0.25, -0.2) is 0 Å². The van der Waals surface area contributed by atoms with E-state index in [0.29, 0.717) is 27.9 Å². The van der Waals surface area contributed by atoms with Crippen molar-refractivity contribution in [2.75, 3.05) is 7.11 Å². The number of carbonyl (C=O) groups excluding carboxylic acids is 2. The van der Waals surface area contributed by atoms with Crippen molar-refractivity contribution < 1.29 is 18.8 Å². The van der Waals surface area contributed by atoms with Gasteiger partial charge in [-0.2, -0.15) is 4.98 Å². The third kappa shape index (κ3) is 4.75. The van der Waals surface area contributed by atoms with Crippen molar-refractivity contribution in [2.24, 2.45) is 0 Å². The van der Waals surface area contributed by atoms with Crippen molar-refractivity contribution in [2.45, 2.75) is 19.4 Å². The first kappa shape index (κ1) is 19.6. The van der Waals surface area contributed by atoms with Crippen LogP contribution in [0.25, 0.3) is 11.5 Å². The van der Waals surface area contributed by atoms with Gasteiger partial charge < -0.3 is 14.6 Å². The molecule has 1 N–H and O–H groups in total. The largest absolute Gasteiger partial charge is 0.469 e. The Hall–Kier alpha value is -3.19. The highest BCUT2D eigenvalue weighted by Gasteiger charge is 2.20. The van der Waals surface area contributed by atoms with Gasteiger partial charge in [0.1, 0.15) is 0 Å². The number of rotatable bonds is 6. The van der Waals surface area contributed by atoms with E-state index in [-0.39, 0.29) is 12.3 Å². The number of esters is 1. The second-order valence-corrected chi connectivity index (χ2v) is 6.52. The van der Waals surface area contributed by atoms with Crippen molar-refractivity contribution in [1.29, 1.82) is 0 Å². The highest BCUT2D eigenvalue weighted by molar-refractivity contribution is 6.30. The van der Waals surface area contributed by atoms with Crippen LogP contribution in [0.15, 0.2) is 53.1 Å². The summed E-state index contributed by atoms with van der Waals surface area (Å²) < 4.78 is 9.86. The number of nitrogens with one attached hydrogen (secondary N) is 1. The van der Waals surface area contributed by atoms with Crippen LogP contribution in [0.5, 0.6) is 0 Å². The quantitative estimate of drug-likeness (QED) is 0.634. The number of hydrogen-bond acceptors (Lipinski definition) is 6. The van der Waals surface area contributed by atoms with Crippen LogP contribution in [-0.2, 0) is 9.53 Å². The molecular formula is C20H18ClN3O4. The zero-order valence-corrected chi connectivity index (χ0v) is 16.1. The summed E-state index contributed by atoms with van der Waals surface area (Å²) >= 11 is 5.92. The van der Waals surface area contributed by atoms with Crippen molar-refractivity contribution in [3.05, 3.63) is 70.5 Å². The molecule has 8 heteroatoms. The molecule has 0 aliphatic heterocycles. The SMILES string of the molecule is COC(=O)CC(NC(=O)c1ccc(-c2nc(C)no2)cc1)c1ccc(Cl)cc1. The van der Waals surface area contributed by atoms with Gasteiger partial charge in [-0.15, -0.1) is 0 Å². The number of methoxy groups -OCH3 is 1. The van der Waals surface area contributed by atoms with Crippen LogP contribution in [0.4, 0.5) is 0 Å². The molecule has 144 valence electrons. The zero-order valence-electron chi connectivity index (χ0n) is 15.3. The molecule has 1 amide bonds. The number of aromatic nitrogens is 2. The first-order valence-electron chi connectivity index (χ1n) is 8.50. The van der Waals surface area contributed by atoms with Crippen LogP contribution in [0.1, 0.15) is 34.2 Å². The predicted molar refractivity (Wildman–Crippen MR) is 103 cm³/mol. The summed E-state index contributed by atoms with van der Waals surface area (Å²) in [5.41, 5.74) is 1.89. The van der Waals surface area contributed by atoms with Crippen molar-refractivity contribution in [3.8, 4) is 11.5 Å². The predicted octanol–water partition coefficient (Wildman–Crippen LogP) is 3.73. The number of ether oxygens (including phenoxy) is 1. The van der Waals surface area contributed by atoms with E-state index in [1.807, 2.05) is 0 Å². The van der Waals surface area contributed by atoms with Gasteiger partial charge in [-0.3, -0.25) is 9.59 Å². The van der Waals surface area contributed by atoms with Crippen LogP contribution in [0.3, 0.4) is 0 Å². The second-order valence-electron chi connectivity index (χ2n) is 6.08. The van der Waals surface area contributed by atoms with Gasteiger partial charge in [0.05, 0.1) is 19.6 Å². The summed E-state index contributed by atoms with van der Waals surface area (Å²) in [5, 5.41) is 7.18. The highest BCUT2D eigenvalue weighted by atomic mass is 35.5. The lowest BCUT2D eigenvalue weighted by Gasteiger charge is -2.18. The maximum absolute atomic E-state index is 12.7. The van der Waals surface area contributed by atoms with Crippen LogP contribution in [0, 0.1) is 6.92 Å². The molecule has 0 spiro atoms. The Morgan fingerprint density at radius 2 is 1.82 bits per heavy atom. The van der Waals surface area contributed by atoms with Gasteiger partial charge in [0.15, 0.2) is 5.82 Å². The smallest absolute Gasteiger partial charge is 0.307 e.